The van der Waals surface area contributed by atoms with Crippen molar-refractivity contribution >= 4 is 211 Å². The van der Waals surface area contributed by atoms with Gasteiger partial charge in [-0.25, -0.2) is 0 Å². The molecule has 0 amide bonds. The van der Waals surface area contributed by atoms with E-state index in [0.29, 0.717) is 11.5 Å². The molecule has 0 unspecified atom stereocenters. The van der Waals surface area contributed by atoms with E-state index >= 15 is 0 Å². The van der Waals surface area contributed by atoms with Crippen LogP contribution in [0.25, 0.3) is 43.9 Å². The fraction of sp³-hybridized carbons (Fsp3) is 0.100. The van der Waals surface area contributed by atoms with Crippen molar-refractivity contribution in [2.45, 2.75) is 52.4 Å². The Labute approximate surface area is 682 Å². The van der Waals surface area contributed by atoms with E-state index in [1.807, 2.05) is 0 Å². The Hall–Kier alpha value is -13.0. The molecular weight excluding hydrogens is 1460 g/mol. The van der Waals surface area contributed by atoms with Crippen LogP contribution in [0.3, 0.4) is 0 Å². The second-order valence-electron chi connectivity index (χ2n) is 33.0. The Balaban J connectivity index is 0.790. The first-order valence-corrected chi connectivity index (χ1v) is 42.0. The van der Waals surface area contributed by atoms with Crippen LogP contribution >= 0.6 is 23.9 Å². The molecule has 15 aromatic carbocycles. The molecule has 16 heteroatoms. The molecule has 11 nitrogen and oxygen atoms in total. The average molecular weight is 1540 g/mol. The highest BCUT2D eigenvalue weighted by Gasteiger charge is 2.51. The Morgan fingerprint density at radius 3 is 0.922 bits per heavy atom. The van der Waals surface area contributed by atoms with Gasteiger partial charge in [-0.2, -0.15) is 0 Å². The predicted molar refractivity (Wildman–Crippen MR) is 487 cm³/mol. The number of nitrogens with zero attached hydrogens (tertiary/aromatic N) is 5. The molecule has 0 bridgehead atoms. The number of para-hydroxylation sites is 8. The summed E-state index contributed by atoms with van der Waals surface area (Å²) < 4.78 is 49.9. The molecule has 6 aliphatic rings. The molecule has 0 radical (unpaired) electrons. The van der Waals surface area contributed by atoms with Gasteiger partial charge in [0.25, 0.3) is 20.1 Å². The molecule has 23 rings (SSSR count). The number of rotatable bonds is 11. The van der Waals surface area contributed by atoms with E-state index in [0.717, 1.165) is 207 Å². The van der Waals surface area contributed by atoms with Gasteiger partial charge in [0.05, 0.1) is 50.6 Å². The van der Waals surface area contributed by atoms with Gasteiger partial charge in [0.15, 0.2) is 0 Å². The van der Waals surface area contributed by atoms with Gasteiger partial charge in [0, 0.05) is 116 Å². The average Bonchev–Trinajstić information content (AvgIpc) is 0.762. The topological polar surface area (TPSA) is 79.4 Å². The maximum Gasteiger partial charge on any atom is 0.260 e. The molecule has 0 saturated carbocycles. The number of benzene rings is 15. The summed E-state index contributed by atoms with van der Waals surface area (Å²) in [7, 11) is 0. The molecule has 0 atom stereocenters. The lowest BCUT2D eigenvalue weighted by atomic mass is 9.29. The van der Waals surface area contributed by atoms with Crippen LogP contribution in [0.4, 0.5) is 73.9 Å². The molecule has 116 heavy (non-hydrogen) atoms. The Kier molecular flexibility index (Phi) is 15.2. The minimum atomic E-state index is -0.360. The molecule has 8 heterocycles. The van der Waals surface area contributed by atoms with Crippen molar-refractivity contribution in [1.29, 1.82) is 0 Å². The van der Waals surface area contributed by atoms with Crippen molar-refractivity contribution in [3.05, 3.63) is 314 Å². The lowest BCUT2D eigenvalue weighted by Crippen LogP contribution is -2.65. The van der Waals surface area contributed by atoms with E-state index in [2.05, 4.69) is 381 Å². The fourth-order valence-corrected chi connectivity index (χ4v) is 20.7. The first-order valence-electron chi connectivity index (χ1n) is 39.7. The van der Waals surface area contributed by atoms with Crippen LogP contribution in [0.15, 0.2) is 312 Å². The number of hydrogen-bond donors (Lipinski definition) is 0. The van der Waals surface area contributed by atoms with Gasteiger partial charge < -0.3 is 42.5 Å². The van der Waals surface area contributed by atoms with Crippen LogP contribution in [0, 0.1) is 0 Å². The molecule has 0 N–H and O–H groups in total. The smallest absolute Gasteiger partial charge is 0.260 e. The third-order valence-electron chi connectivity index (χ3n) is 24.2. The van der Waals surface area contributed by atoms with Crippen LogP contribution in [0.1, 0.15) is 52.7 Å². The van der Waals surface area contributed by atoms with Crippen LogP contribution < -0.4 is 91.4 Å². The molecular formula is C100H74B3N5O6S2. The second-order valence-corrected chi connectivity index (χ2v) is 34.4. The summed E-state index contributed by atoms with van der Waals surface area (Å²) in [5, 5.41) is 3.92. The summed E-state index contributed by atoms with van der Waals surface area (Å²) >= 11 is 3.42. The van der Waals surface area contributed by atoms with Gasteiger partial charge in [0.1, 0.15) is 68.3 Å². The van der Waals surface area contributed by atoms with Gasteiger partial charge >= 0.3 is 0 Å². The molecule has 0 spiro atoms. The number of fused-ring (bicyclic) bond motifs is 20. The fourth-order valence-electron chi connectivity index (χ4n) is 19.3. The Morgan fingerprint density at radius 2 is 0.595 bits per heavy atom. The van der Waals surface area contributed by atoms with Gasteiger partial charge in [-0.15, -0.1) is 0 Å². The van der Waals surface area contributed by atoms with E-state index in [-0.39, 0.29) is 31.0 Å². The summed E-state index contributed by atoms with van der Waals surface area (Å²) in [5.41, 5.74) is 27.7. The van der Waals surface area contributed by atoms with Crippen molar-refractivity contribution in [2.75, 3.05) is 35.8 Å². The van der Waals surface area contributed by atoms with E-state index in [9.17, 15) is 0 Å². The Bertz CT molecular complexity index is 6470. The number of hydrogen-bond acceptors (Lipinski definition) is 13. The normalized spacial score (nSPS) is 13.6. The van der Waals surface area contributed by atoms with E-state index in [4.69, 9.17) is 27.8 Å². The molecule has 556 valence electrons. The summed E-state index contributed by atoms with van der Waals surface area (Å²) in [5.74, 6) is 5.94. The van der Waals surface area contributed by atoms with Gasteiger partial charge in [-0.1, -0.05) is 211 Å². The highest BCUT2D eigenvalue weighted by atomic mass is 32.2. The number of ether oxygens (including phenoxy) is 4. The van der Waals surface area contributed by atoms with E-state index in [1.165, 1.54) is 5.46 Å². The monoisotopic (exact) mass is 1540 g/mol. The minimum absolute atomic E-state index is 0.202. The van der Waals surface area contributed by atoms with Gasteiger partial charge in [-0.3, -0.25) is 8.61 Å². The quantitative estimate of drug-likeness (QED) is 0.0912. The third kappa shape index (κ3) is 10.3. The summed E-state index contributed by atoms with van der Waals surface area (Å²) in [4.78, 5) is 6.97. The van der Waals surface area contributed by atoms with Crippen LogP contribution in [-0.2, 0) is 10.8 Å². The summed E-state index contributed by atoms with van der Waals surface area (Å²) in [6.45, 7) is 12.4. The minimum Gasteiger partial charge on any atom is -0.458 e. The standard InChI is InChI=1S/C100H74B3N5O6S2/c1-99(2,3)70-43-27-41-68-90-82(111-95(68)70)47-45-72-97(90)113-88-53-66(105(61-33-19-11-20-34-61)62-35-21-12-22-36-62)51-86-93(88)101(72)76-55-74-78(57-84(76)109-86)107(115-7)80-49-65(104(59-29-15-9-16-30-59)60-31-17-10-18-32-60)50-81-92(80)103(74)75-56-77-85(58-79(75)108(81)116-8)110-87-52-67(106(63-37-23-13-24-38-63)64-39-25-14-26-40-64)54-89-94(87)102(77)73-46-48-83-91(98(73)114-89)69-42-28-44-71(96(69)112-83)100(4,5)6/h9-58H,1-8H3. The molecule has 0 saturated heterocycles. The van der Waals surface area contributed by atoms with Crippen LogP contribution in [0.5, 0.6) is 46.0 Å². The first kappa shape index (κ1) is 68.6. The third-order valence-corrected chi connectivity index (χ3v) is 25.7. The SMILES string of the molecule is CSN1c2cc3c(cc2B2c4cc5c(cc4N(SC)c4cc(N(c6ccccc6)c6ccccc6)cc1c42)Oc1cc(N(c2ccccc2)c2ccccc2)cc2c1B5c1ccc4oc5c(C(C)(C)C)cccc5c4c1O2)B1c2ccc4oc5c(C(C)(C)C)cccc5c4c2Oc2cc(N(c4ccccc4)c4ccccc4)cc(c21)O3. The lowest BCUT2D eigenvalue weighted by Gasteiger charge is -2.45. The highest BCUT2D eigenvalue weighted by molar-refractivity contribution is 8.00. The summed E-state index contributed by atoms with van der Waals surface area (Å²) in [6.07, 6.45) is 4.41. The van der Waals surface area contributed by atoms with Crippen molar-refractivity contribution in [2.24, 2.45) is 0 Å². The molecule has 6 aliphatic heterocycles. The van der Waals surface area contributed by atoms with Crippen molar-refractivity contribution in [1.82, 2.24) is 0 Å². The number of furan rings is 2. The van der Waals surface area contributed by atoms with E-state index < -0.39 is 0 Å². The lowest BCUT2D eigenvalue weighted by molar-refractivity contribution is 0.467. The molecule has 17 aromatic rings. The zero-order valence-corrected chi connectivity index (χ0v) is 66.7. The summed E-state index contributed by atoms with van der Waals surface area (Å²) in [6, 6.07) is 109. The Morgan fingerprint density at radius 1 is 0.276 bits per heavy atom. The predicted octanol–water partition coefficient (Wildman–Crippen LogP) is 21.9. The first-order chi connectivity index (χ1) is 56.7. The maximum absolute atomic E-state index is 7.75. The molecule has 0 fully saturated rings. The van der Waals surface area contributed by atoms with Crippen molar-refractivity contribution in [3.63, 3.8) is 0 Å². The van der Waals surface area contributed by atoms with E-state index in [1.54, 1.807) is 23.9 Å². The number of anilines is 13. The van der Waals surface area contributed by atoms with Gasteiger partial charge in [-0.05, 0) is 170 Å². The largest absolute Gasteiger partial charge is 0.458 e. The zero-order chi connectivity index (χ0) is 77.7. The molecule has 0 aliphatic carbocycles. The second kappa shape index (κ2) is 25.8. The van der Waals surface area contributed by atoms with Crippen molar-refractivity contribution in [3.8, 4) is 46.0 Å². The highest BCUT2D eigenvalue weighted by Crippen LogP contribution is 2.54. The molecule has 2 aromatic heterocycles. The van der Waals surface area contributed by atoms with Gasteiger partial charge in [0.2, 0.25) is 0 Å². The maximum atomic E-state index is 7.75. The van der Waals surface area contributed by atoms with Crippen LogP contribution in [0.2, 0.25) is 0 Å². The van der Waals surface area contributed by atoms with Crippen LogP contribution in [-0.4, -0.2) is 32.6 Å². The zero-order valence-electron chi connectivity index (χ0n) is 65.1. The van der Waals surface area contributed by atoms with Crippen molar-refractivity contribution < 1.29 is 27.8 Å².